The second-order valence-electron chi connectivity index (χ2n) is 5.18. The number of hydrogen-bond donors (Lipinski definition) is 1. The number of amides is 1. The molecule has 8 heteroatoms. The van der Waals surface area contributed by atoms with E-state index >= 15 is 0 Å². The van der Waals surface area contributed by atoms with Gasteiger partial charge in [-0.1, -0.05) is 17.8 Å². The topological polar surface area (TPSA) is 68.0 Å². The molecule has 0 saturated carbocycles. The highest BCUT2D eigenvalue weighted by Crippen LogP contribution is 2.23. The molecule has 0 radical (unpaired) electrons. The Bertz CT molecular complexity index is 897. The lowest BCUT2D eigenvalue weighted by molar-refractivity contribution is -0.113. The molecule has 0 fully saturated rings. The summed E-state index contributed by atoms with van der Waals surface area (Å²) in [5.74, 6) is -0.799. The standard InChI is InChI=1S/C17H13F2N3O2S/c1-10-2-7-13(8-14(10)19)20-15(23)9-25-17-22-21-16(24-17)11-3-5-12(18)6-4-11/h2-8H,9H2,1H3,(H,20,23). The Morgan fingerprint density at radius 3 is 2.64 bits per heavy atom. The van der Waals surface area contributed by atoms with Crippen LogP contribution in [0.25, 0.3) is 11.5 Å². The van der Waals surface area contributed by atoms with Crippen LogP contribution in [0.5, 0.6) is 0 Å². The molecule has 0 aliphatic rings. The largest absolute Gasteiger partial charge is 0.411 e. The zero-order valence-corrected chi connectivity index (χ0v) is 13.9. The summed E-state index contributed by atoms with van der Waals surface area (Å²) in [6.07, 6.45) is 0. The van der Waals surface area contributed by atoms with Crippen molar-refractivity contribution in [2.24, 2.45) is 0 Å². The Labute approximate surface area is 146 Å². The van der Waals surface area contributed by atoms with Crippen molar-refractivity contribution in [1.82, 2.24) is 10.2 Å². The number of halogens is 2. The minimum Gasteiger partial charge on any atom is -0.411 e. The summed E-state index contributed by atoms with van der Waals surface area (Å²) in [6, 6.07) is 10.1. The molecule has 0 spiro atoms. The molecule has 5 nitrogen and oxygen atoms in total. The summed E-state index contributed by atoms with van der Waals surface area (Å²) in [5.41, 5.74) is 1.47. The normalized spacial score (nSPS) is 10.7. The zero-order chi connectivity index (χ0) is 17.8. The van der Waals surface area contributed by atoms with Crippen molar-refractivity contribution in [2.45, 2.75) is 12.1 Å². The minimum atomic E-state index is -0.383. The van der Waals surface area contributed by atoms with Crippen LogP contribution in [0.15, 0.2) is 52.1 Å². The number of nitrogens with one attached hydrogen (secondary N) is 1. The third kappa shape index (κ3) is 4.42. The molecule has 1 heterocycles. The summed E-state index contributed by atoms with van der Waals surface area (Å²) in [5, 5.41) is 10.5. The number of nitrogens with zero attached hydrogens (tertiary/aromatic N) is 2. The first-order valence-corrected chi connectivity index (χ1v) is 8.28. The van der Waals surface area contributed by atoms with Crippen molar-refractivity contribution in [2.75, 3.05) is 11.1 Å². The van der Waals surface area contributed by atoms with E-state index in [1.165, 1.54) is 30.3 Å². The molecule has 3 aromatic rings. The van der Waals surface area contributed by atoms with Crippen LogP contribution in [0, 0.1) is 18.6 Å². The third-order valence-corrected chi connectivity index (χ3v) is 4.10. The first-order valence-electron chi connectivity index (χ1n) is 7.29. The predicted octanol–water partition coefficient (Wildman–Crippen LogP) is 4.05. The molecule has 3 rings (SSSR count). The highest BCUT2D eigenvalue weighted by Gasteiger charge is 2.12. The Morgan fingerprint density at radius 1 is 1.16 bits per heavy atom. The summed E-state index contributed by atoms with van der Waals surface area (Å²) in [4.78, 5) is 11.9. The molecule has 25 heavy (non-hydrogen) atoms. The summed E-state index contributed by atoms with van der Waals surface area (Å²) >= 11 is 1.05. The first kappa shape index (κ1) is 17.1. The van der Waals surface area contributed by atoms with Gasteiger partial charge in [-0.25, -0.2) is 8.78 Å². The number of hydrogen-bond acceptors (Lipinski definition) is 5. The third-order valence-electron chi connectivity index (χ3n) is 3.28. The van der Waals surface area contributed by atoms with Gasteiger partial charge in [0, 0.05) is 11.3 Å². The maximum atomic E-state index is 13.5. The predicted molar refractivity (Wildman–Crippen MR) is 90.2 cm³/mol. The Morgan fingerprint density at radius 2 is 1.92 bits per heavy atom. The number of benzene rings is 2. The van der Waals surface area contributed by atoms with Gasteiger partial charge >= 0.3 is 0 Å². The van der Waals surface area contributed by atoms with Gasteiger partial charge in [0.15, 0.2) is 0 Å². The van der Waals surface area contributed by atoms with Gasteiger partial charge in [0.25, 0.3) is 5.22 Å². The number of carbonyl (C=O) groups is 1. The number of anilines is 1. The monoisotopic (exact) mass is 361 g/mol. The van der Waals surface area contributed by atoms with Crippen molar-refractivity contribution in [1.29, 1.82) is 0 Å². The summed E-state index contributed by atoms with van der Waals surface area (Å²) < 4.78 is 31.8. The molecule has 1 amide bonds. The fraction of sp³-hybridized carbons (Fsp3) is 0.118. The highest BCUT2D eigenvalue weighted by molar-refractivity contribution is 7.99. The molecular weight excluding hydrogens is 348 g/mol. The zero-order valence-electron chi connectivity index (χ0n) is 13.1. The van der Waals surface area contributed by atoms with E-state index in [0.717, 1.165) is 11.8 Å². The molecule has 2 aromatic carbocycles. The smallest absolute Gasteiger partial charge is 0.277 e. The Kier molecular flexibility index (Phi) is 5.08. The number of carbonyl (C=O) groups excluding carboxylic acids is 1. The lowest BCUT2D eigenvalue weighted by atomic mass is 10.2. The van der Waals surface area contributed by atoms with Gasteiger partial charge in [-0.05, 0) is 48.9 Å². The maximum Gasteiger partial charge on any atom is 0.277 e. The molecule has 0 aliphatic carbocycles. The quantitative estimate of drug-likeness (QED) is 0.694. The van der Waals surface area contributed by atoms with Gasteiger partial charge in [0.2, 0.25) is 11.8 Å². The van der Waals surface area contributed by atoms with Crippen molar-refractivity contribution >= 4 is 23.4 Å². The van der Waals surface area contributed by atoms with Gasteiger partial charge < -0.3 is 9.73 Å². The van der Waals surface area contributed by atoms with E-state index in [9.17, 15) is 13.6 Å². The summed E-state index contributed by atoms with van der Waals surface area (Å²) in [6.45, 7) is 1.64. The molecule has 0 bridgehead atoms. The molecule has 1 N–H and O–H groups in total. The fourth-order valence-electron chi connectivity index (χ4n) is 1.97. The van der Waals surface area contributed by atoms with Crippen LogP contribution in [0.4, 0.5) is 14.5 Å². The number of thioether (sulfide) groups is 1. The Balaban J connectivity index is 1.57. The molecule has 1 aromatic heterocycles. The maximum absolute atomic E-state index is 13.5. The lowest BCUT2D eigenvalue weighted by Gasteiger charge is -2.05. The van der Waals surface area contributed by atoms with E-state index in [0.29, 0.717) is 16.8 Å². The van der Waals surface area contributed by atoms with Gasteiger partial charge in [0.05, 0.1) is 5.75 Å². The van der Waals surface area contributed by atoms with Crippen molar-refractivity contribution < 1.29 is 18.0 Å². The van der Waals surface area contributed by atoms with E-state index in [1.807, 2.05) is 0 Å². The lowest BCUT2D eigenvalue weighted by Crippen LogP contribution is -2.14. The van der Waals surface area contributed by atoms with Crippen LogP contribution >= 0.6 is 11.8 Å². The second kappa shape index (κ2) is 7.43. The van der Waals surface area contributed by atoms with Crippen LogP contribution < -0.4 is 5.32 Å². The van der Waals surface area contributed by atoms with Gasteiger partial charge in [-0.3, -0.25) is 4.79 Å². The molecule has 0 saturated heterocycles. The van der Waals surface area contributed by atoms with Crippen LogP contribution in [-0.2, 0) is 4.79 Å². The van der Waals surface area contributed by atoms with Gasteiger partial charge in [-0.2, -0.15) is 0 Å². The number of aryl methyl sites for hydroxylation is 1. The van der Waals surface area contributed by atoms with Crippen molar-refractivity contribution in [3.63, 3.8) is 0 Å². The van der Waals surface area contributed by atoms with Crippen LogP contribution in [0.1, 0.15) is 5.56 Å². The molecule has 128 valence electrons. The molecular formula is C17H13F2N3O2S. The fourth-order valence-corrected chi connectivity index (χ4v) is 2.54. The average molecular weight is 361 g/mol. The molecule has 0 unspecified atom stereocenters. The minimum absolute atomic E-state index is 0.0283. The van der Waals surface area contributed by atoms with Crippen LogP contribution in [0.3, 0.4) is 0 Å². The number of rotatable bonds is 5. The summed E-state index contributed by atoms with van der Waals surface area (Å²) in [7, 11) is 0. The van der Waals surface area contributed by atoms with E-state index in [4.69, 9.17) is 4.42 Å². The van der Waals surface area contributed by atoms with Gasteiger partial charge in [0.1, 0.15) is 11.6 Å². The number of aromatic nitrogens is 2. The second-order valence-corrected chi connectivity index (χ2v) is 6.11. The van der Waals surface area contributed by atoms with Crippen molar-refractivity contribution in [3.8, 4) is 11.5 Å². The molecule has 0 aliphatic heterocycles. The van der Waals surface area contributed by atoms with E-state index in [-0.39, 0.29) is 34.4 Å². The first-order chi connectivity index (χ1) is 12.0. The van der Waals surface area contributed by atoms with Crippen LogP contribution in [-0.4, -0.2) is 21.9 Å². The van der Waals surface area contributed by atoms with Crippen molar-refractivity contribution in [3.05, 3.63) is 59.7 Å². The van der Waals surface area contributed by atoms with Gasteiger partial charge in [-0.15, -0.1) is 10.2 Å². The average Bonchev–Trinajstić information content (AvgIpc) is 3.06. The Hall–Kier alpha value is -2.74. The van der Waals surface area contributed by atoms with E-state index in [1.54, 1.807) is 19.1 Å². The SMILES string of the molecule is Cc1ccc(NC(=O)CSc2nnc(-c3ccc(F)cc3)o2)cc1F. The van der Waals surface area contributed by atoms with E-state index in [2.05, 4.69) is 15.5 Å². The highest BCUT2D eigenvalue weighted by atomic mass is 32.2. The van der Waals surface area contributed by atoms with E-state index < -0.39 is 0 Å². The molecule has 0 atom stereocenters. The van der Waals surface area contributed by atoms with Crippen LogP contribution in [0.2, 0.25) is 0 Å².